The molecule has 5 heteroatoms. The lowest BCUT2D eigenvalue weighted by molar-refractivity contribution is -0.123. The van der Waals surface area contributed by atoms with Crippen LogP contribution in [0, 0.1) is 12.3 Å². The number of benzene rings is 1. The molecule has 2 rings (SSSR count). The van der Waals surface area contributed by atoms with Gasteiger partial charge < -0.3 is 11.1 Å². The first-order valence-corrected chi connectivity index (χ1v) is 7.62. The number of hydrogen-bond donors (Lipinski definition) is 2. The Balaban J connectivity index is 2.22. The Kier molecular flexibility index (Phi) is 4.66. The average molecular weight is 311 g/mol. The molecule has 108 valence electrons. The Labute approximate surface area is 129 Å². The third-order valence-electron chi connectivity index (χ3n) is 4.05. The summed E-state index contributed by atoms with van der Waals surface area (Å²) in [5.74, 6) is -0.0878. The van der Waals surface area contributed by atoms with Gasteiger partial charge in [-0.15, -0.1) is 0 Å². The van der Waals surface area contributed by atoms with Crippen molar-refractivity contribution in [2.45, 2.75) is 39.0 Å². The minimum Gasteiger partial charge on any atom is -0.392 e. The van der Waals surface area contributed by atoms with Crippen LogP contribution in [0.1, 0.15) is 37.7 Å². The van der Waals surface area contributed by atoms with Crippen molar-refractivity contribution in [1.82, 2.24) is 0 Å². The van der Waals surface area contributed by atoms with Crippen molar-refractivity contribution in [3.05, 3.63) is 28.8 Å². The average Bonchev–Trinajstić information content (AvgIpc) is 2.42. The fraction of sp³-hybridized carbons (Fsp3) is 0.467. The Hall–Kier alpha value is -1.13. The SMILES string of the molecule is Cc1cc(Cl)ccc1NC(=O)C1(C(N)=S)CCCCC1. The van der Waals surface area contributed by atoms with Gasteiger partial charge >= 0.3 is 0 Å². The van der Waals surface area contributed by atoms with Crippen LogP contribution < -0.4 is 11.1 Å². The van der Waals surface area contributed by atoms with E-state index in [1.54, 1.807) is 6.07 Å². The molecular weight excluding hydrogens is 292 g/mol. The molecule has 0 heterocycles. The van der Waals surface area contributed by atoms with Gasteiger partial charge in [-0.3, -0.25) is 4.79 Å². The number of anilines is 1. The van der Waals surface area contributed by atoms with E-state index in [0.29, 0.717) is 10.0 Å². The van der Waals surface area contributed by atoms with Crippen LogP contribution in [0.15, 0.2) is 18.2 Å². The number of carbonyl (C=O) groups is 1. The molecule has 0 unspecified atom stereocenters. The smallest absolute Gasteiger partial charge is 0.237 e. The molecule has 0 atom stereocenters. The first kappa shape index (κ1) is 15.3. The minimum atomic E-state index is -0.695. The minimum absolute atomic E-state index is 0.0878. The summed E-state index contributed by atoms with van der Waals surface area (Å²) in [4.78, 5) is 13.0. The number of nitrogens with two attached hydrogens (primary N) is 1. The van der Waals surface area contributed by atoms with Gasteiger partial charge in [0.15, 0.2) is 0 Å². The van der Waals surface area contributed by atoms with Gasteiger partial charge in [-0.1, -0.05) is 43.1 Å². The number of rotatable bonds is 3. The fourth-order valence-corrected chi connectivity index (χ4v) is 3.27. The zero-order valence-corrected chi connectivity index (χ0v) is 13.1. The monoisotopic (exact) mass is 310 g/mol. The van der Waals surface area contributed by atoms with Gasteiger partial charge in [-0.2, -0.15) is 0 Å². The van der Waals surface area contributed by atoms with Crippen molar-refractivity contribution in [3.8, 4) is 0 Å². The highest BCUT2D eigenvalue weighted by molar-refractivity contribution is 7.80. The number of thiocarbonyl (C=S) groups is 1. The van der Waals surface area contributed by atoms with E-state index in [1.807, 2.05) is 19.1 Å². The molecule has 1 aliphatic rings. The molecule has 1 saturated carbocycles. The summed E-state index contributed by atoms with van der Waals surface area (Å²) in [7, 11) is 0. The maximum atomic E-state index is 12.7. The van der Waals surface area contributed by atoms with Crippen LogP contribution in [0.5, 0.6) is 0 Å². The van der Waals surface area contributed by atoms with Gasteiger partial charge in [-0.25, -0.2) is 0 Å². The maximum Gasteiger partial charge on any atom is 0.237 e. The molecule has 0 aromatic heterocycles. The molecule has 1 fully saturated rings. The van der Waals surface area contributed by atoms with E-state index >= 15 is 0 Å². The van der Waals surface area contributed by atoms with Crippen LogP contribution >= 0.6 is 23.8 Å². The highest BCUT2D eigenvalue weighted by Gasteiger charge is 2.42. The van der Waals surface area contributed by atoms with E-state index in [0.717, 1.165) is 43.4 Å². The molecule has 0 radical (unpaired) electrons. The number of aryl methyl sites for hydroxylation is 1. The van der Waals surface area contributed by atoms with Crippen LogP contribution in [0.2, 0.25) is 5.02 Å². The molecule has 1 aliphatic carbocycles. The van der Waals surface area contributed by atoms with Crippen molar-refractivity contribution >= 4 is 40.4 Å². The topological polar surface area (TPSA) is 55.1 Å². The molecular formula is C15H19ClN2OS. The normalized spacial score (nSPS) is 17.5. The molecule has 0 saturated heterocycles. The predicted octanol–water partition coefficient (Wildman–Crippen LogP) is 3.82. The summed E-state index contributed by atoms with van der Waals surface area (Å²) in [6, 6.07) is 5.40. The molecule has 1 amide bonds. The Morgan fingerprint density at radius 1 is 1.35 bits per heavy atom. The van der Waals surface area contributed by atoms with E-state index in [9.17, 15) is 4.79 Å². The molecule has 3 nitrogen and oxygen atoms in total. The highest BCUT2D eigenvalue weighted by atomic mass is 35.5. The van der Waals surface area contributed by atoms with Gasteiger partial charge in [0.2, 0.25) is 5.91 Å². The van der Waals surface area contributed by atoms with Crippen molar-refractivity contribution in [2.24, 2.45) is 11.1 Å². The molecule has 0 bridgehead atoms. The van der Waals surface area contributed by atoms with Gasteiger partial charge in [0.1, 0.15) is 0 Å². The van der Waals surface area contributed by atoms with E-state index in [1.165, 1.54) is 0 Å². The predicted molar refractivity (Wildman–Crippen MR) is 87.1 cm³/mol. The lowest BCUT2D eigenvalue weighted by Gasteiger charge is -2.34. The first-order chi connectivity index (χ1) is 9.45. The molecule has 0 aliphatic heterocycles. The molecule has 3 N–H and O–H groups in total. The Morgan fingerprint density at radius 3 is 2.55 bits per heavy atom. The lowest BCUT2D eigenvalue weighted by Crippen LogP contribution is -2.47. The van der Waals surface area contributed by atoms with Crippen molar-refractivity contribution in [3.63, 3.8) is 0 Å². The van der Waals surface area contributed by atoms with E-state index in [2.05, 4.69) is 5.32 Å². The standard InChI is InChI=1S/C15H19ClN2OS/c1-10-9-11(16)5-6-12(10)18-14(19)15(13(17)20)7-3-2-4-8-15/h5-6,9H,2-4,7-8H2,1H3,(H2,17,20)(H,18,19). The van der Waals surface area contributed by atoms with Gasteiger partial charge in [-0.05, 0) is 43.5 Å². The number of halogens is 1. The summed E-state index contributed by atoms with van der Waals surface area (Å²) in [5.41, 5.74) is 6.87. The largest absolute Gasteiger partial charge is 0.392 e. The third kappa shape index (κ3) is 2.96. The number of nitrogens with one attached hydrogen (secondary N) is 1. The zero-order chi connectivity index (χ0) is 14.8. The van der Waals surface area contributed by atoms with Crippen LogP contribution in [-0.2, 0) is 4.79 Å². The Morgan fingerprint density at radius 2 is 2.00 bits per heavy atom. The van der Waals surface area contributed by atoms with Crippen molar-refractivity contribution in [2.75, 3.05) is 5.32 Å². The second-order valence-corrected chi connectivity index (χ2v) is 6.30. The van der Waals surface area contributed by atoms with E-state index in [4.69, 9.17) is 29.6 Å². The second kappa shape index (κ2) is 6.10. The number of carbonyl (C=O) groups excluding carboxylic acids is 1. The van der Waals surface area contributed by atoms with Crippen molar-refractivity contribution in [1.29, 1.82) is 0 Å². The summed E-state index contributed by atoms with van der Waals surface area (Å²) < 4.78 is 0. The second-order valence-electron chi connectivity index (χ2n) is 5.42. The summed E-state index contributed by atoms with van der Waals surface area (Å²) >= 11 is 11.1. The molecule has 1 aromatic carbocycles. The van der Waals surface area contributed by atoms with Crippen LogP contribution in [0.4, 0.5) is 5.69 Å². The van der Waals surface area contributed by atoms with E-state index < -0.39 is 5.41 Å². The lowest BCUT2D eigenvalue weighted by atomic mass is 9.73. The quantitative estimate of drug-likeness (QED) is 0.834. The van der Waals surface area contributed by atoms with E-state index in [-0.39, 0.29) is 5.91 Å². The fourth-order valence-electron chi connectivity index (χ4n) is 2.75. The highest BCUT2D eigenvalue weighted by Crippen LogP contribution is 2.38. The maximum absolute atomic E-state index is 12.7. The van der Waals surface area contributed by atoms with Crippen LogP contribution in [0.3, 0.4) is 0 Å². The Bertz CT molecular complexity index is 539. The van der Waals surface area contributed by atoms with Gasteiger partial charge in [0, 0.05) is 10.7 Å². The number of amides is 1. The first-order valence-electron chi connectivity index (χ1n) is 6.83. The van der Waals surface area contributed by atoms with Crippen LogP contribution in [-0.4, -0.2) is 10.9 Å². The van der Waals surface area contributed by atoms with Gasteiger partial charge in [0.25, 0.3) is 0 Å². The summed E-state index contributed by atoms with van der Waals surface area (Å²) in [5, 5.41) is 3.62. The molecule has 0 spiro atoms. The van der Waals surface area contributed by atoms with Gasteiger partial charge in [0.05, 0.1) is 10.4 Å². The zero-order valence-electron chi connectivity index (χ0n) is 11.5. The summed E-state index contributed by atoms with van der Waals surface area (Å²) in [6.45, 7) is 1.91. The van der Waals surface area contributed by atoms with Crippen molar-refractivity contribution < 1.29 is 4.79 Å². The number of hydrogen-bond acceptors (Lipinski definition) is 2. The summed E-state index contributed by atoms with van der Waals surface area (Å²) in [6.07, 6.45) is 4.59. The van der Waals surface area contributed by atoms with Crippen LogP contribution in [0.25, 0.3) is 0 Å². The molecule has 1 aromatic rings. The molecule has 20 heavy (non-hydrogen) atoms. The third-order valence-corrected chi connectivity index (χ3v) is 4.68.